The molecule has 6 heteroatoms. The Morgan fingerprint density at radius 2 is 2.41 bits per heavy atom. The van der Waals surface area contributed by atoms with E-state index in [1.165, 1.54) is 0 Å². The summed E-state index contributed by atoms with van der Waals surface area (Å²) in [5, 5.41) is 0. The van der Waals surface area contributed by atoms with E-state index in [-0.39, 0.29) is 0 Å². The van der Waals surface area contributed by atoms with Gasteiger partial charge in [0.15, 0.2) is 11.6 Å². The number of aromatic amines is 1. The minimum atomic E-state index is 0.681. The molecule has 0 aromatic carbocycles. The zero-order valence-corrected chi connectivity index (χ0v) is 10.6. The van der Waals surface area contributed by atoms with Crippen LogP contribution in [0.4, 0.5) is 5.82 Å². The van der Waals surface area contributed by atoms with Gasteiger partial charge in [0.1, 0.15) is 11.2 Å². The second kappa shape index (κ2) is 4.37. The lowest BCUT2D eigenvalue weighted by Gasteiger charge is -2.29. The van der Waals surface area contributed by atoms with Crippen molar-refractivity contribution in [2.24, 2.45) is 0 Å². The fourth-order valence-corrected chi connectivity index (χ4v) is 2.15. The molecule has 1 N–H and O–H groups in total. The molecule has 0 aliphatic carbocycles. The summed E-state index contributed by atoms with van der Waals surface area (Å²) in [6.45, 7) is 2.24. The highest BCUT2D eigenvalue weighted by Gasteiger charge is 2.20. The molecule has 0 unspecified atom stereocenters. The molecule has 0 radical (unpaired) electrons. The van der Waals surface area contributed by atoms with Crippen LogP contribution in [-0.4, -0.2) is 28.1 Å². The van der Waals surface area contributed by atoms with Crippen molar-refractivity contribution in [3.8, 4) is 5.75 Å². The number of pyridine rings is 1. The maximum Gasteiger partial charge on any atom is 0.172 e. The fourth-order valence-electron chi connectivity index (χ4n) is 1.85. The van der Waals surface area contributed by atoms with Gasteiger partial charge in [0.2, 0.25) is 0 Å². The number of hydrogen-bond donors (Lipinski definition) is 1. The summed E-state index contributed by atoms with van der Waals surface area (Å²) in [6.07, 6.45) is 3.58. The number of imidazole rings is 1. The van der Waals surface area contributed by atoms with Crippen LogP contribution in [0.25, 0.3) is 0 Å². The summed E-state index contributed by atoms with van der Waals surface area (Å²) in [5.41, 5.74) is 1.000. The van der Waals surface area contributed by atoms with Gasteiger partial charge in [0.25, 0.3) is 0 Å². The highest BCUT2D eigenvalue weighted by atomic mass is 79.9. The first-order valence-electron chi connectivity index (χ1n) is 5.35. The monoisotopic (exact) mass is 294 g/mol. The molecule has 3 rings (SSSR count). The topological polar surface area (TPSA) is 54.0 Å². The molecular formula is C11H11BrN4O. The number of anilines is 1. The van der Waals surface area contributed by atoms with Crippen LogP contribution in [0.5, 0.6) is 5.75 Å². The molecule has 3 heterocycles. The number of rotatable bonds is 2. The van der Waals surface area contributed by atoms with Crippen molar-refractivity contribution >= 4 is 21.7 Å². The summed E-state index contributed by atoms with van der Waals surface area (Å²) in [6, 6.07) is 3.82. The van der Waals surface area contributed by atoms with Crippen molar-refractivity contribution in [1.82, 2.24) is 15.0 Å². The minimum absolute atomic E-state index is 0.681. The van der Waals surface area contributed by atoms with Crippen LogP contribution in [0, 0.1) is 0 Å². The van der Waals surface area contributed by atoms with E-state index >= 15 is 0 Å². The van der Waals surface area contributed by atoms with E-state index in [9.17, 15) is 0 Å². The third-order valence-corrected chi connectivity index (χ3v) is 3.07. The molecule has 17 heavy (non-hydrogen) atoms. The molecule has 0 saturated heterocycles. The lowest BCUT2D eigenvalue weighted by Crippen LogP contribution is -2.33. The first kappa shape index (κ1) is 10.6. The summed E-state index contributed by atoms with van der Waals surface area (Å²) < 4.78 is 6.39. The highest BCUT2D eigenvalue weighted by Crippen LogP contribution is 2.31. The largest absolute Gasteiger partial charge is 0.488 e. The molecule has 0 saturated carbocycles. The molecule has 0 atom stereocenters. The lowest BCUT2D eigenvalue weighted by molar-refractivity contribution is 0.304. The van der Waals surface area contributed by atoms with Gasteiger partial charge >= 0.3 is 0 Å². The molecule has 0 spiro atoms. The van der Waals surface area contributed by atoms with E-state index < -0.39 is 0 Å². The Balaban J connectivity index is 1.90. The van der Waals surface area contributed by atoms with Gasteiger partial charge in [-0.1, -0.05) is 0 Å². The van der Waals surface area contributed by atoms with Gasteiger partial charge in [-0.2, -0.15) is 0 Å². The van der Waals surface area contributed by atoms with Gasteiger partial charge < -0.3 is 14.6 Å². The van der Waals surface area contributed by atoms with Gasteiger partial charge in [0.05, 0.1) is 25.1 Å². The molecular weight excluding hydrogens is 284 g/mol. The summed E-state index contributed by atoms with van der Waals surface area (Å²) in [5.74, 6) is 1.70. The van der Waals surface area contributed by atoms with Crippen LogP contribution in [0.15, 0.2) is 29.3 Å². The standard InChI is InChI=1S/C11H11BrN4O/c12-10-2-1-9-11(15-10)16(3-4-17-9)6-8-5-13-7-14-8/h1-2,5,7H,3-4,6H2,(H,13,14). The summed E-state index contributed by atoms with van der Waals surface area (Å²) in [7, 11) is 0. The number of H-pyrrole nitrogens is 1. The van der Waals surface area contributed by atoms with Crippen molar-refractivity contribution in [1.29, 1.82) is 0 Å². The third kappa shape index (κ3) is 2.12. The smallest absolute Gasteiger partial charge is 0.172 e. The maximum atomic E-state index is 5.57. The first-order valence-corrected chi connectivity index (χ1v) is 6.14. The molecule has 2 aromatic rings. The second-order valence-corrected chi connectivity index (χ2v) is 4.60. The van der Waals surface area contributed by atoms with Crippen molar-refractivity contribution in [3.05, 3.63) is 35.0 Å². The van der Waals surface area contributed by atoms with Crippen LogP contribution in [0.2, 0.25) is 0 Å². The molecule has 0 bridgehead atoms. The Morgan fingerprint density at radius 3 is 3.24 bits per heavy atom. The molecule has 2 aromatic heterocycles. The Bertz CT molecular complexity index is 514. The van der Waals surface area contributed by atoms with Crippen LogP contribution < -0.4 is 9.64 Å². The van der Waals surface area contributed by atoms with Crippen molar-refractivity contribution in [3.63, 3.8) is 0 Å². The van der Waals surface area contributed by atoms with E-state index in [1.807, 2.05) is 18.3 Å². The maximum absolute atomic E-state index is 5.57. The Hall–Kier alpha value is -1.56. The van der Waals surface area contributed by atoms with E-state index in [1.54, 1.807) is 6.33 Å². The van der Waals surface area contributed by atoms with Gasteiger partial charge in [-0.15, -0.1) is 0 Å². The Labute approximate surface area is 107 Å². The predicted octanol–water partition coefficient (Wildman–Crippen LogP) is 1.97. The van der Waals surface area contributed by atoms with Crippen LogP contribution in [0.1, 0.15) is 5.69 Å². The van der Waals surface area contributed by atoms with Gasteiger partial charge in [-0.25, -0.2) is 9.97 Å². The zero-order chi connectivity index (χ0) is 11.7. The normalized spacial score (nSPS) is 14.3. The minimum Gasteiger partial charge on any atom is -0.488 e. The Kier molecular flexibility index (Phi) is 2.72. The molecule has 88 valence electrons. The second-order valence-electron chi connectivity index (χ2n) is 3.79. The Morgan fingerprint density at radius 1 is 1.47 bits per heavy atom. The summed E-state index contributed by atoms with van der Waals surface area (Å²) in [4.78, 5) is 13.8. The third-order valence-electron chi connectivity index (χ3n) is 2.63. The zero-order valence-electron chi connectivity index (χ0n) is 9.06. The predicted molar refractivity (Wildman–Crippen MR) is 67.1 cm³/mol. The van der Waals surface area contributed by atoms with Gasteiger partial charge in [0, 0.05) is 6.20 Å². The molecule has 1 aliphatic rings. The number of ether oxygens (including phenoxy) is 1. The van der Waals surface area contributed by atoms with E-state index in [0.29, 0.717) is 6.61 Å². The van der Waals surface area contributed by atoms with Crippen molar-refractivity contribution in [2.75, 3.05) is 18.1 Å². The van der Waals surface area contributed by atoms with Gasteiger partial charge in [-0.3, -0.25) is 0 Å². The molecule has 5 nitrogen and oxygen atoms in total. The first-order chi connectivity index (χ1) is 8.33. The number of nitrogens with one attached hydrogen (secondary N) is 1. The number of hydrogen-bond acceptors (Lipinski definition) is 4. The fraction of sp³-hybridized carbons (Fsp3) is 0.273. The number of aromatic nitrogens is 3. The van der Waals surface area contributed by atoms with Crippen molar-refractivity contribution < 1.29 is 4.74 Å². The number of fused-ring (bicyclic) bond motifs is 1. The van der Waals surface area contributed by atoms with E-state index in [0.717, 1.165) is 35.0 Å². The average molecular weight is 295 g/mol. The number of nitrogens with zero attached hydrogens (tertiary/aromatic N) is 3. The average Bonchev–Trinajstić information content (AvgIpc) is 2.83. The van der Waals surface area contributed by atoms with E-state index in [2.05, 4.69) is 35.8 Å². The van der Waals surface area contributed by atoms with Crippen LogP contribution in [-0.2, 0) is 6.54 Å². The lowest BCUT2D eigenvalue weighted by atomic mass is 10.3. The van der Waals surface area contributed by atoms with E-state index in [4.69, 9.17) is 4.74 Å². The van der Waals surface area contributed by atoms with Crippen LogP contribution in [0.3, 0.4) is 0 Å². The summed E-state index contributed by atoms with van der Waals surface area (Å²) >= 11 is 3.38. The molecule has 0 amide bonds. The number of halogens is 1. The molecule has 1 aliphatic heterocycles. The van der Waals surface area contributed by atoms with Crippen LogP contribution >= 0.6 is 15.9 Å². The van der Waals surface area contributed by atoms with Crippen molar-refractivity contribution in [2.45, 2.75) is 6.54 Å². The SMILES string of the molecule is Brc1ccc2c(n1)N(Cc1c[nH]cn1)CCO2. The quantitative estimate of drug-likeness (QED) is 0.861. The highest BCUT2D eigenvalue weighted by molar-refractivity contribution is 9.10. The van der Waals surface area contributed by atoms with Gasteiger partial charge in [-0.05, 0) is 28.1 Å². The molecule has 0 fully saturated rings.